The van der Waals surface area contributed by atoms with Gasteiger partial charge < -0.3 is 14.2 Å². The van der Waals surface area contributed by atoms with E-state index >= 15 is 0 Å². The van der Waals surface area contributed by atoms with Crippen molar-refractivity contribution in [3.63, 3.8) is 0 Å². The van der Waals surface area contributed by atoms with E-state index in [-0.39, 0.29) is 12.2 Å². The van der Waals surface area contributed by atoms with E-state index < -0.39 is 0 Å². The predicted octanol–water partition coefficient (Wildman–Crippen LogP) is 3.70. The molecule has 1 aromatic carbocycles. The van der Waals surface area contributed by atoms with Crippen molar-refractivity contribution in [2.75, 3.05) is 20.3 Å². The van der Waals surface area contributed by atoms with Crippen molar-refractivity contribution in [3.05, 3.63) is 28.2 Å². The van der Waals surface area contributed by atoms with Crippen LogP contribution in [0.4, 0.5) is 0 Å². The molecule has 0 radical (unpaired) electrons. The zero-order valence-corrected chi connectivity index (χ0v) is 14.2. The van der Waals surface area contributed by atoms with Crippen molar-refractivity contribution in [3.8, 4) is 5.75 Å². The Hall–Kier alpha value is -0.100. The van der Waals surface area contributed by atoms with Gasteiger partial charge in [0.25, 0.3) is 0 Å². The molecule has 5 heteroatoms. The van der Waals surface area contributed by atoms with E-state index in [1.807, 2.05) is 18.2 Å². The average Bonchev–Trinajstić information content (AvgIpc) is 2.38. The first kappa shape index (κ1) is 15.3. The molecule has 0 saturated heterocycles. The highest BCUT2D eigenvalue weighted by molar-refractivity contribution is 9.10. The maximum absolute atomic E-state index is 5.98. The summed E-state index contributed by atoms with van der Waals surface area (Å²) in [5.74, 6) is 0.894. The summed E-state index contributed by atoms with van der Waals surface area (Å²) in [6.45, 7) is 3.26. The quantitative estimate of drug-likeness (QED) is 0.544. The van der Waals surface area contributed by atoms with Crippen molar-refractivity contribution in [1.82, 2.24) is 0 Å². The molecule has 1 aromatic rings. The molecule has 1 aliphatic carbocycles. The zero-order chi connectivity index (χ0) is 13.8. The minimum atomic E-state index is 0.0964. The van der Waals surface area contributed by atoms with E-state index in [2.05, 4.69) is 38.8 Å². The molecule has 0 N–H and O–H groups in total. The predicted molar refractivity (Wildman–Crippen MR) is 82.2 cm³/mol. The third-order valence-corrected chi connectivity index (χ3v) is 4.98. The van der Waals surface area contributed by atoms with E-state index in [0.717, 1.165) is 16.6 Å². The van der Waals surface area contributed by atoms with Crippen LogP contribution in [0.2, 0.25) is 0 Å². The largest absolute Gasteiger partial charge is 0.488 e. The van der Waals surface area contributed by atoms with Gasteiger partial charge in [-0.3, -0.25) is 0 Å². The number of halogens is 2. The first-order chi connectivity index (χ1) is 9.11. The Morgan fingerprint density at radius 1 is 1.32 bits per heavy atom. The highest BCUT2D eigenvalue weighted by Crippen LogP contribution is 2.34. The van der Waals surface area contributed by atoms with E-state index in [1.54, 1.807) is 7.11 Å². The van der Waals surface area contributed by atoms with Crippen molar-refractivity contribution in [2.45, 2.75) is 30.4 Å². The Morgan fingerprint density at radius 2 is 2.11 bits per heavy atom. The number of methoxy groups -OCH3 is 1. The van der Waals surface area contributed by atoms with Gasteiger partial charge in [-0.25, -0.2) is 0 Å². The van der Waals surface area contributed by atoms with Crippen LogP contribution in [0.25, 0.3) is 0 Å². The molecule has 3 unspecified atom stereocenters. The van der Waals surface area contributed by atoms with E-state index in [1.165, 1.54) is 5.56 Å². The standard InChI is InChI=1S/C14H18Br2O3/c1-9-7-10(3-4-11(9)15)19-13-8-12(16)14(13)18-6-5-17-2/h3-4,7,12-14H,5-6,8H2,1-2H3. The summed E-state index contributed by atoms with van der Waals surface area (Å²) in [7, 11) is 1.67. The number of aryl methyl sites for hydroxylation is 1. The topological polar surface area (TPSA) is 27.7 Å². The van der Waals surface area contributed by atoms with Gasteiger partial charge in [-0.15, -0.1) is 0 Å². The Labute approximate surface area is 130 Å². The van der Waals surface area contributed by atoms with Gasteiger partial charge in [0.15, 0.2) is 0 Å². The summed E-state index contributed by atoms with van der Waals surface area (Å²) in [5.41, 5.74) is 1.17. The van der Waals surface area contributed by atoms with Gasteiger partial charge in [0.1, 0.15) is 18.0 Å². The van der Waals surface area contributed by atoms with Gasteiger partial charge in [0.2, 0.25) is 0 Å². The molecule has 106 valence electrons. The van der Waals surface area contributed by atoms with Gasteiger partial charge in [-0.05, 0) is 30.7 Å². The molecular weight excluding hydrogens is 376 g/mol. The second kappa shape index (κ2) is 7.07. The molecule has 1 fully saturated rings. The molecule has 0 aliphatic heterocycles. The Kier molecular flexibility index (Phi) is 5.69. The molecule has 0 spiro atoms. The van der Waals surface area contributed by atoms with E-state index in [0.29, 0.717) is 18.0 Å². The Balaban J connectivity index is 1.89. The summed E-state index contributed by atoms with van der Waals surface area (Å²) >= 11 is 7.09. The molecular formula is C14H18Br2O3. The van der Waals surface area contributed by atoms with Crippen LogP contribution in [-0.2, 0) is 9.47 Å². The second-order valence-electron chi connectivity index (χ2n) is 4.65. The van der Waals surface area contributed by atoms with Gasteiger partial charge in [-0.1, -0.05) is 31.9 Å². The van der Waals surface area contributed by atoms with Crippen molar-refractivity contribution < 1.29 is 14.2 Å². The molecule has 0 amide bonds. The lowest BCUT2D eigenvalue weighted by atomic mass is 9.91. The summed E-state index contributed by atoms with van der Waals surface area (Å²) < 4.78 is 17.8. The fraction of sp³-hybridized carbons (Fsp3) is 0.571. The number of rotatable bonds is 6. The second-order valence-corrected chi connectivity index (χ2v) is 6.68. The monoisotopic (exact) mass is 392 g/mol. The van der Waals surface area contributed by atoms with Crippen LogP contribution in [0.1, 0.15) is 12.0 Å². The fourth-order valence-electron chi connectivity index (χ4n) is 1.99. The van der Waals surface area contributed by atoms with Crippen LogP contribution in [0.5, 0.6) is 5.75 Å². The number of ether oxygens (including phenoxy) is 3. The number of hydrogen-bond acceptors (Lipinski definition) is 3. The lowest BCUT2D eigenvalue weighted by Crippen LogP contribution is -2.52. The third kappa shape index (κ3) is 3.94. The van der Waals surface area contributed by atoms with E-state index in [9.17, 15) is 0 Å². The maximum Gasteiger partial charge on any atom is 0.127 e. The van der Waals surface area contributed by atoms with Gasteiger partial charge in [-0.2, -0.15) is 0 Å². The fourth-order valence-corrected chi connectivity index (χ4v) is 3.10. The molecule has 1 saturated carbocycles. The van der Waals surface area contributed by atoms with Crippen LogP contribution >= 0.6 is 31.9 Å². The summed E-state index contributed by atoms with van der Waals surface area (Å²) in [6, 6.07) is 6.03. The molecule has 0 bridgehead atoms. The zero-order valence-electron chi connectivity index (χ0n) is 11.1. The van der Waals surface area contributed by atoms with Crippen molar-refractivity contribution >= 4 is 31.9 Å². The summed E-state index contributed by atoms with van der Waals surface area (Å²) in [4.78, 5) is 0.367. The van der Waals surface area contributed by atoms with Crippen LogP contribution < -0.4 is 4.74 Å². The first-order valence-electron chi connectivity index (χ1n) is 6.29. The lowest BCUT2D eigenvalue weighted by molar-refractivity contribution is -0.0865. The molecule has 0 aromatic heterocycles. The minimum absolute atomic E-state index is 0.0964. The van der Waals surface area contributed by atoms with Crippen LogP contribution in [0.3, 0.4) is 0 Å². The van der Waals surface area contributed by atoms with Crippen LogP contribution in [-0.4, -0.2) is 37.4 Å². The SMILES string of the molecule is COCCOC1C(Br)CC1Oc1ccc(Br)c(C)c1. The number of alkyl halides is 1. The lowest BCUT2D eigenvalue weighted by Gasteiger charge is -2.40. The molecule has 3 atom stereocenters. The summed E-state index contributed by atoms with van der Waals surface area (Å²) in [6.07, 6.45) is 1.17. The smallest absolute Gasteiger partial charge is 0.127 e. The molecule has 0 heterocycles. The van der Waals surface area contributed by atoms with Crippen LogP contribution in [0.15, 0.2) is 22.7 Å². The molecule has 2 rings (SSSR count). The van der Waals surface area contributed by atoms with Crippen molar-refractivity contribution in [1.29, 1.82) is 0 Å². The number of hydrogen-bond donors (Lipinski definition) is 0. The van der Waals surface area contributed by atoms with Gasteiger partial charge in [0.05, 0.1) is 13.2 Å². The Morgan fingerprint density at radius 3 is 2.74 bits per heavy atom. The normalized spacial score (nSPS) is 26.0. The molecule has 1 aliphatic rings. The third-order valence-electron chi connectivity index (χ3n) is 3.20. The highest BCUT2D eigenvalue weighted by atomic mass is 79.9. The summed E-state index contributed by atoms with van der Waals surface area (Å²) in [5, 5.41) is 0. The average molecular weight is 394 g/mol. The first-order valence-corrected chi connectivity index (χ1v) is 8.00. The number of benzene rings is 1. The molecule has 3 nitrogen and oxygen atoms in total. The van der Waals surface area contributed by atoms with Crippen molar-refractivity contribution in [2.24, 2.45) is 0 Å². The molecule has 19 heavy (non-hydrogen) atoms. The van der Waals surface area contributed by atoms with Gasteiger partial charge >= 0.3 is 0 Å². The van der Waals surface area contributed by atoms with Crippen LogP contribution in [0, 0.1) is 6.92 Å². The highest BCUT2D eigenvalue weighted by Gasteiger charge is 2.42. The Bertz CT molecular complexity index is 425. The maximum atomic E-state index is 5.98. The minimum Gasteiger partial charge on any atom is -0.488 e. The van der Waals surface area contributed by atoms with Gasteiger partial charge in [0, 0.05) is 22.8 Å². The van der Waals surface area contributed by atoms with E-state index in [4.69, 9.17) is 14.2 Å².